The van der Waals surface area contributed by atoms with Gasteiger partial charge in [-0.1, -0.05) is 87.6 Å². The fourth-order valence-electron chi connectivity index (χ4n) is 3.61. The molecule has 3 rings (SSSR count). The molecule has 0 fully saturated rings. The van der Waals surface area contributed by atoms with Gasteiger partial charge in [-0.2, -0.15) is 5.26 Å². The Kier molecular flexibility index (Phi) is 6.44. The van der Waals surface area contributed by atoms with Crippen LogP contribution >= 0.6 is 0 Å². The van der Waals surface area contributed by atoms with Crippen molar-refractivity contribution >= 4 is 11.5 Å². The van der Waals surface area contributed by atoms with Crippen LogP contribution in [0.15, 0.2) is 54.1 Å². The number of esters is 1. The van der Waals surface area contributed by atoms with Gasteiger partial charge in [-0.3, -0.25) is 0 Å². The molecule has 27 heavy (non-hydrogen) atoms. The minimum absolute atomic E-state index is 0.0957. The Morgan fingerprint density at radius 2 is 1.37 bits per heavy atom. The minimum atomic E-state index is -0.521. The fourth-order valence-corrected chi connectivity index (χ4v) is 3.61. The van der Waals surface area contributed by atoms with Crippen molar-refractivity contribution in [2.75, 3.05) is 6.61 Å². The van der Waals surface area contributed by atoms with E-state index in [9.17, 15) is 10.1 Å². The van der Waals surface area contributed by atoms with Gasteiger partial charge in [0.1, 0.15) is 11.6 Å². The van der Waals surface area contributed by atoms with Crippen molar-refractivity contribution < 1.29 is 9.53 Å². The summed E-state index contributed by atoms with van der Waals surface area (Å²) in [5.41, 5.74) is 4.74. The molecular formula is C24H25NO2. The third-order valence-corrected chi connectivity index (χ3v) is 4.98. The molecule has 0 radical (unpaired) electrons. The smallest absolute Gasteiger partial charge is 0.349 e. The molecule has 2 aromatic carbocycles. The lowest BCUT2D eigenvalue weighted by Crippen LogP contribution is -2.10. The van der Waals surface area contributed by atoms with Gasteiger partial charge in [-0.05, 0) is 28.7 Å². The van der Waals surface area contributed by atoms with E-state index in [2.05, 4.69) is 13.0 Å². The fraction of sp³-hybridized carbons (Fsp3) is 0.333. The largest absolute Gasteiger partial charge is 0.462 e. The third-order valence-electron chi connectivity index (χ3n) is 4.98. The first-order valence-electron chi connectivity index (χ1n) is 9.78. The average Bonchev–Trinajstić information content (AvgIpc) is 3.03. The summed E-state index contributed by atoms with van der Waals surface area (Å²) in [6, 6.07) is 17.9. The summed E-state index contributed by atoms with van der Waals surface area (Å²) in [6.45, 7) is 2.56. The van der Waals surface area contributed by atoms with Gasteiger partial charge in [0.2, 0.25) is 0 Å². The first-order valence-corrected chi connectivity index (χ1v) is 9.78. The Bertz CT molecular complexity index is 842. The second-order valence-corrected chi connectivity index (χ2v) is 6.86. The van der Waals surface area contributed by atoms with Crippen LogP contribution in [0.2, 0.25) is 0 Å². The summed E-state index contributed by atoms with van der Waals surface area (Å²) >= 11 is 0. The molecule has 0 N–H and O–H groups in total. The van der Waals surface area contributed by atoms with E-state index in [0.29, 0.717) is 12.2 Å². The summed E-state index contributed by atoms with van der Waals surface area (Å²) in [5.74, 6) is -0.521. The first-order chi connectivity index (χ1) is 13.3. The Balaban J connectivity index is 1.77. The number of benzene rings is 2. The predicted octanol–water partition coefficient (Wildman–Crippen LogP) is 5.90. The number of carbonyl (C=O) groups is 1. The van der Waals surface area contributed by atoms with Gasteiger partial charge in [-0.25, -0.2) is 4.79 Å². The average molecular weight is 359 g/mol. The Labute approximate surface area is 161 Å². The third kappa shape index (κ3) is 4.11. The van der Waals surface area contributed by atoms with Crippen LogP contribution in [0.25, 0.3) is 16.7 Å². The highest BCUT2D eigenvalue weighted by molar-refractivity contribution is 6.12. The standard InChI is InChI=1S/C24H25NO2/c1-2-3-4-5-6-11-16-27-24(26)22(17-25)23-20-14-9-7-12-18(20)19-13-8-10-15-21(19)23/h7-10,12-15H,2-6,11,16H2,1H3. The van der Waals surface area contributed by atoms with Crippen LogP contribution in [-0.4, -0.2) is 12.6 Å². The molecule has 138 valence electrons. The minimum Gasteiger partial charge on any atom is -0.462 e. The van der Waals surface area contributed by atoms with Crippen LogP contribution in [0.5, 0.6) is 0 Å². The number of nitriles is 1. The highest BCUT2D eigenvalue weighted by atomic mass is 16.5. The van der Waals surface area contributed by atoms with Crippen LogP contribution in [0.1, 0.15) is 56.6 Å². The van der Waals surface area contributed by atoms with E-state index in [4.69, 9.17) is 4.74 Å². The molecule has 0 amide bonds. The summed E-state index contributed by atoms with van der Waals surface area (Å²) in [4.78, 5) is 12.6. The van der Waals surface area contributed by atoms with Gasteiger partial charge in [0.05, 0.1) is 6.61 Å². The molecule has 3 heteroatoms. The summed E-state index contributed by atoms with van der Waals surface area (Å²) in [5, 5.41) is 9.70. The molecule has 0 unspecified atom stereocenters. The molecule has 3 nitrogen and oxygen atoms in total. The van der Waals surface area contributed by atoms with Crippen LogP contribution < -0.4 is 0 Å². The summed E-state index contributed by atoms with van der Waals surface area (Å²) in [7, 11) is 0. The van der Waals surface area contributed by atoms with E-state index in [0.717, 1.165) is 35.1 Å². The Morgan fingerprint density at radius 1 is 0.852 bits per heavy atom. The summed E-state index contributed by atoms with van der Waals surface area (Å²) in [6.07, 6.45) is 6.76. The number of hydrogen-bond acceptors (Lipinski definition) is 3. The molecule has 2 aromatic rings. The normalized spacial score (nSPS) is 11.5. The van der Waals surface area contributed by atoms with Crippen molar-refractivity contribution in [3.05, 3.63) is 65.2 Å². The molecule has 1 aliphatic carbocycles. The Morgan fingerprint density at radius 3 is 1.93 bits per heavy atom. The molecule has 0 saturated carbocycles. The zero-order valence-corrected chi connectivity index (χ0v) is 15.8. The molecule has 1 aliphatic rings. The van der Waals surface area contributed by atoms with Crippen molar-refractivity contribution in [1.29, 1.82) is 5.26 Å². The van der Waals surface area contributed by atoms with E-state index in [1.165, 1.54) is 25.7 Å². The zero-order valence-electron chi connectivity index (χ0n) is 15.8. The van der Waals surface area contributed by atoms with Crippen molar-refractivity contribution in [3.63, 3.8) is 0 Å². The molecule has 0 saturated heterocycles. The maximum absolute atomic E-state index is 12.6. The topological polar surface area (TPSA) is 50.1 Å². The van der Waals surface area contributed by atoms with Crippen LogP contribution in [0.4, 0.5) is 0 Å². The highest BCUT2D eigenvalue weighted by Crippen LogP contribution is 2.45. The van der Waals surface area contributed by atoms with Gasteiger partial charge < -0.3 is 4.74 Å². The molecule has 0 heterocycles. The number of ether oxygens (including phenoxy) is 1. The summed E-state index contributed by atoms with van der Waals surface area (Å²) < 4.78 is 5.42. The number of carbonyl (C=O) groups excluding carboxylic acids is 1. The highest BCUT2D eigenvalue weighted by Gasteiger charge is 2.28. The lowest BCUT2D eigenvalue weighted by Gasteiger charge is -2.08. The second-order valence-electron chi connectivity index (χ2n) is 6.86. The van der Waals surface area contributed by atoms with Gasteiger partial charge in [0.25, 0.3) is 0 Å². The van der Waals surface area contributed by atoms with E-state index >= 15 is 0 Å². The molecule has 0 aromatic heterocycles. The quantitative estimate of drug-likeness (QED) is 0.218. The lowest BCUT2D eigenvalue weighted by atomic mass is 9.98. The molecule has 0 atom stereocenters. The second kappa shape index (κ2) is 9.19. The monoisotopic (exact) mass is 359 g/mol. The van der Waals surface area contributed by atoms with Gasteiger partial charge in [0, 0.05) is 5.57 Å². The number of rotatable bonds is 8. The molecular weight excluding hydrogens is 334 g/mol. The van der Waals surface area contributed by atoms with Gasteiger partial charge in [-0.15, -0.1) is 0 Å². The SMILES string of the molecule is CCCCCCCCOC(=O)C(C#N)=C1c2ccccc2-c2ccccc21. The van der Waals surface area contributed by atoms with E-state index < -0.39 is 5.97 Å². The number of unbranched alkanes of at least 4 members (excludes halogenated alkanes) is 5. The van der Waals surface area contributed by atoms with Crippen molar-refractivity contribution in [1.82, 2.24) is 0 Å². The number of fused-ring (bicyclic) bond motifs is 3. The maximum atomic E-state index is 12.6. The van der Waals surface area contributed by atoms with E-state index in [1.54, 1.807) is 0 Å². The van der Waals surface area contributed by atoms with Crippen LogP contribution in [0.3, 0.4) is 0 Å². The zero-order chi connectivity index (χ0) is 19.1. The van der Waals surface area contributed by atoms with Crippen molar-refractivity contribution in [3.8, 4) is 17.2 Å². The molecule has 0 aliphatic heterocycles. The lowest BCUT2D eigenvalue weighted by molar-refractivity contribution is -0.138. The number of hydrogen-bond donors (Lipinski definition) is 0. The number of nitrogens with zero attached hydrogens (tertiary/aromatic N) is 1. The van der Waals surface area contributed by atoms with Gasteiger partial charge >= 0.3 is 5.97 Å². The first kappa shape index (κ1) is 18.9. The van der Waals surface area contributed by atoms with Gasteiger partial charge in [0.15, 0.2) is 0 Å². The van der Waals surface area contributed by atoms with Crippen molar-refractivity contribution in [2.24, 2.45) is 0 Å². The van der Waals surface area contributed by atoms with Crippen LogP contribution in [0, 0.1) is 11.3 Å². The Hall–Kier alpha value is -2.86. The van der Waals surface area contributed by atoms with Crippen LogP contribution in [-0.2, 0) is 9.53 Å². The van der Waals surface area contributed by atoms with Crippen molar-refractivity contribution in [2.45, 2.75) is 45.4 Å². The maximum Gasteiger partial charge on any atom is 0.349 e. The van der Waals surface area contributed by atoms with E-state index in [1.807, 2.05) is 48.5 Å². The van der Waals surface area contributed by atoms with E-state index in [-0.39, 0.29) is 5.57 Å². The molecule has 0 spiro atoms. The molecule has 0 bridgehead atoms. The predicted molar refractivity (Wildman–Crippen MR) is 108 cm³/mol.